The maximum absolute atomic E-state index is 11.7. The van der Waals surface area contributed by atoms with E-state index in [4.69, 9.17) is 4.74 Å². The summed E-state index contributed by atoms with van der Waals surface area (Å²) in [4.78, 5) is 11.7. The summed E-state index contributed by atoms with van der Waals surface area (Å²) in [5.41, 5.74) is -0.140. The topological polar surface area (TPSA) is 87.0 Å². The van der Waals surface area contributed by atoms with Crippen LogP contribution in [-0.4, -0.2) is 46.2 Å². The number of esters is 1. The van der Waals surface area contributed by atoms with Crippen molar-refractivity contribution in [2.45, 2.75) is 44.8 Å². The number of rotatable bonds is 1. The minimum Gasteiger partial charge on any atom is -0.458 e. The number of carbonyl (C=O) groups excluding carboxylic acids is 1. The van der Waals surface area contributed by atoms with Crippen molar-refractivity contribution in [3.8, 4) is 0 Å². The Morgan fingerprint density at radius 2 is 2.10 bits per heavy atom. The third kappa shape index (κ3) is 1.70. The molecule has 0 radical (unpaired) electrons. The molecule has 0 aromatic rings. The first-order valence-corrected chi connectivity index (χ1v) is 7.21. The molecule has 5 heteroatoms. The summed E-state index contributed by atoms with van der Waals surface area (Å²) in [6.45, 7) is 3.84. The lowest BCUT2D eigenvalue weighted by molar-refractivity contribution is -0.136. The standard InChI is InChI=1S/C15H22O5/c1-8-3-10-9(5-20-13(10)18)4-11-12(17)14(2,7-16)6-15(8,11)19/h8,11-12,16-17,19H,3-7H2,1-2H3. The van der Waals surface area contributed by atoms with E-state index in [-0.39, 0.29) is 31.0 Å². The second-order valence-electron chi connectivity index (χ2n) is 7.00. The Morgan fingerprint density at radius 1 is 1.40 bits per heavy atom. The van der Waals surface area contributed by atoms with Gasteiger partial charge < -0.3 is 20.1 Å². The van der Waals surface area contributed by atoms with Gasteiger partial charge in [-0.25, -0.2) is 4.79 Å². The zero-order chi connectivity index (χ0) is 14.7. The molecule has 1 aliphatic heterocycles. The SMILES string of the molecule is CC1CC2=C(COC2=O)CC2C(O)C(C)(CO)CC12O. The first-order chi connectivity index (χ1) is 9.32. The third-order valence-electron chi connectivity index (χ3n) is 5.67. The number of aliphatic hydroxyl groups excluding tert-OH is 2. The number of cyclic esters (lactones) is 1. The molecule has 0 amide bonds. The molecule has 0 aromatic carbocycles. The summed E-state index contributed by atoms with van der Waals surface area (Å²) in [5, 5.41) is 31.2. The van der Waals surface area contributed by atoms with Crippen LogP contribution in [0.25, 0.3) is 0 Å². The van der Waals surface area contributed by atoms with Crippen LogP contribution in [0.2, 0.25) is 0 Å². The molecule has 2 aliphatic carbocycles. The van der Waals surface area contributed by atoms with E-state index in [9.17, 15) is 20.1 Å². The molecule has 1 saturated carbocycles. The van der Waals surface area contributed by atoms with Gasteiger partial charge in [-0.3, -0.25) is 0 Å². The van der Waals surface area contributed by atoms with Crippen LogP contribution < -0.4 is 0 Å². The van der Waals surface area contributed by atoms with Crippen molar-refractivity contribution < 1.29 is 24.9 Å². The Balaban J connectivity index is 2.00. The van der Waals surface area contributed by atoms with Gasteiger partial charge in [0.25, 0.3) is 0 Å². The van der Waals surface area contributed by atoms with Gasteiger partial charge in [-0.2, -0.15) is 0 Å². The average Bonchev–Trinajstić information content (AvgIpc) is 2.80. The number of aliphatic hydroxyl groups is 3. The van der Waals surface area contributed by atoms with E-state index in [0.29, 0.717) is 24.8 Å². The first-order valence-electron chi connectivity index (χ1n) is 7.21. The van der Waals surface area contributed by atoms with Gasteiger partial charge >= 0.3 is 5.97 Å². The molecule has 0 aromatic heterocycles. The number of fused-ring (bicyclic) bond motifs is 1. The second kappa shape index (κ2) is 4.29. The van der Waals surface area contributed by atoms with Crippen LogP contribution in [0.5, 0.6) is 0 Å². The number of hydrogen-bond donors (Lipinski definition) is 3. The zero-order valence-corrected chi connectivity index (χ0v) is 11.9. The van der Waals surface area contributed by atoms with Gasteiger partial charge in [0, 0.05) is 16.9 Å². The fourth-order valence-electron chi connectivity index (χ4n) is 4.25. The van der Waals surface area contributed by atoms with Crippen molar-refractivity contribution in [2.75, 3.05) is 13.2 Å². The first kappa shape index (κ1) is 14.0. The molecule has 5 atom stereocenters. The molecule has 3 aliphatic rings. The van der Waals surface area contributed by atoms with Gasteiger partial charge in [-0.15, -0.1) is 0 Å². The van der Waals surface area contributed by atoms with Gasteiger partial charge in [0.15, 0.2) is 0 Å². The Morgan fingerprint density at radius 3 is 2.75 bits per heavy atom. The Labute approximate surface area is 118 Å². The van der Waals surface area contributed by atoms with Crippen LogP contribution in [0.4, 0.5) is 0 Å². The molecule has 0 bridgehead atoms. The van der Waals surface area contributed by atoms with Crippen molar-refractivity contribution >= 4 is 5.97 Å². The molecular formula is C15H22O5. The van der Waals surface area contributed by atoms with E-state index in [1.54, 1.807) is 0 Å². The maximum Gasteiger partial charge on any atom is 0.334 e. The smallest absolute Gasteiger partial charge is 0.334 e. The van der Waals surface area contributed by atoms with E-state index >= 15 is 0 Å². The number of hydrogen-bond acceptors (Lipinski definition) is 5. The Hall–Kier alpha value is -0.910. The summed E-state index contributed by atoms with van der Waals surface area (Å²) >= 11 is 0. The summed E-state index contributed by atoms with van der Waals surface area (Å²) in [6, 6.07) is 0. The molecule has 5 nitrogen and oxygen atoms in total. The lowest BCUT2D eigenvalue weighted by Gasteiger charge is -2.35. The Bertz CT molecular complexity index is 485. The highest BCUT2D eigenvalue weighted by molar-refractivity contribution is 5.91. The van der Waals surface area contributed by atoms with E-state index in [1.807, 2.05) is 13.8 Å². The summed E-state index contributed by atoms with van der Waals surface area (Å²) in [5.74, 6) is -0.778. The highest BCUT2D eigenvalue weighted by Crippen LogP contribution is 2.56. The predicted octanol–water partition coefficient (Wildman–Crippen LogP) is 0.380. The van der Waals surface area contributed by atoms with Crippen molar-refractivity contribution in [3.05, 3.63) is 11.1 Å². The van der Waals surface area contributed by atoms with Crippen molar-refractivity contribution in [3.63, 3.8) is 0 Å². The van der Waals surface area contributed by atoms with Crippen LogP contribution in [-0.2, 0) is 9.53 Å². The number of ether oxygens (including phenoxy) is 1. The maximum atomic E-state index is 11.7. The van der Waals surface area contributed by atoms with Gasteiger partial charge in [0.05, 0.1) is 18.3 Å². The molecule has 20 heavy (non-hydrogen) atoms. The molecule has 5 unspecified atom stereocenters. The van der Waals surface area contributed by atoms with Gasteiger partial charge in [0.2, 0.25) is 0 Å². The minimum absolute atomic E-state index is 0.145. The second-order valence-corrected chi connectivity index (χ2v) is 7.00. The van der Waals surface area contributed by atoms with E-state index in [2.05, 4.69) is 0 Å². The van der Waals surface area contributed by atoms with E-state index in [0.717, 1.165) is 5.57 Å². The van der Waals surface area contributed by atoms with Crippen LogP contribution in [0.3, 0.4) is 0 Å². The van der Waals surface area contributed by atoms with Crippen molar-refractivity contribution in [2.24, 2.45) is 17.3 Å². The predicted molar refractivity (Wildman–Crippen MR) is 70.6 cm³/mol. The summed E-state index contributed by atoms with van der Waals surface area (Å²) in [6.07, 6.45) is 0.537. The average molecular weight is 282 g/mol. The zero-order valence-electron chi connectivity index (χ0n) is 11.9. The highest BCUT2D eigenvalue weighted by Gasteiger charge is 2.61. The van der Waals surface area contributed by atoms with Crippen molar-refractivity contribution in [1.82, 2.24) is 0 Å². The fraction of sp³-hybridized carbons (Fsp3) is 0.800. The molecule has 3 N–H and O–H groups in total. The van der Waals surface area contributed by atoms with E-state index in [1.165, 1.54) is 0 Å². The largest absolute Gasteiger partial charge is 0.458 e. The van der Waals surface area contributed by atoms with E-state index < -0.39 is 17.1 Å². The minimum atomic E-state index is -1.04. The fourth-order valence-corrected chi connectivity index (χ4v) is 4.25. The van der Waals surface area contributed by atoms with Crippen LogP contribution in [0.15, 0.2) is 11.1 Å². The van der Waals surface area contributed by atoms with Crippen molar-refractivity contribution in [1.29, 1.82) is 0 Å². The van der Waals surface area contributed by atoms with Gasteiger partial charge in [-0.1, -0.05) is 13.8 Å². The van der Waals surface area contributed by atoms with Crippen LogP contribution in [0.1, 0.15) is 33.1 Å². The normalized spacial score (nSPS) is 47.9. The van der Waals surface area contributed by atoms with Crippen LogP contribution in [0, 0.1) is 17.3 Å². The molecular weight excluding hydrogens is 260 g/mol. The van der Waals surface area contributed by atoms with Crippen LogP contribution >= 0.6 is 0 Å². The van der Waals surface area contributed by atoms with Gasteiger partial charge in [-0.05, 0) is 30.8 Å². The third-order valence-corrected chi connectivity index (χ3v) is 5.67. The number of carbonyl (C=O) groups is 1. The molecule has 3 rings (SSSR count). The molecule has 0 saturated heterocycles. The van der Waals surface area contributed by atoms with Gasteiger partial charge in [0.1, 0.15) is 6.61 Å². The lowest BCUT2D eigenvalue weighted by Crippen LogP contribution is -2.42. The summed E-state index contributed by atoms with van der Waals surface area (Å²) < 4.78 is 5.07. The molecule has 112 valence electrons. The molecule has 0 spiro atoms. The highest BCUT2D eigenvalue weighted by atomic mass is 16.5. The Kier molecular flexibility index (Phi) is 3.01. The molecule has 1 fully saturated rings. The lowest BCUT2D eigenvalue weighted by atomic mass is 9.77. The quantitative estimate of drug-likeness (QED) is 0.605. The monoisotopic (exact) mass is 282 g/mol. The molecule has 1 heterocycles. The summed E-state index contributed by atoms with van der Waals surface area (Å²) in [7, 11) is 0.